The molecule has 26 heavy (non-hydrogen) atoms. The van der Waals surface area contributed by atoms with Crippen LogP contribution in [0.1, 0.15) is 42.2 Å². The van der Waals surface area contributed by atoms with Crippen molar-refractivity contribution in [1.82, 2.24) is 14.5 Å². The van der Waals surface area contributed by atoms with Crippen molar-refractivity contribution < 1.29 is 0 Å². The number of pyridine rings is 1. The fourth-order valence-corrected chi connectivity index (χ4v) is 5.38. The molecule has 134 valence electrons. The van der Waals surface area contributed by atoms with E-state index in [4.69, 9.17) is 4.98 Å². The van der Waals surface area contributed by atoms with E-state index < -0.39 is 0 Å². The summed E-state index contributed by atoms with van der Waals surface area (Å²) in [5.41, 5.74) is 2.79. The van der Waals surface area contributed by atoms with Gasteiger partial charge in [0.15, 0.2) is 0 Å². The Morgan fingerprint density at radius 1 is 1.15 bits per heavy atom. The molecule has 2 fully saturated rings. The molecule has 1 aliphatic heterocycles. The molecular formula is C21H23N3OS. The van der Waals surface area contributed by atoms with Crippen LogP contribution < -0.4 is 5.56 Å². The third-order valence-electron chi connectivity index (χ3n) is 5.92. The lowest BCUT2D eigenvalue weighted by Crippen LogP contribution is -2.42. The zero-order valence-electron chi connectivity index (χ0n) is 15.0. The lowest BCUT2D eigenvalue weighted by molar-refractivity contribution is 0.136. The van der Waals surface area contributed by atoms with E-state index in [1.54, 1.807) is 15.9 Å². The summed E-state index contributed by atoms with van der Waals surface area (Å²) in [6.45, 7) is 4.42. The fourth-order valence-electron chi connectivity index (χ4n) is 4.26. The van der Waals surface area contributed by atoms with Crippen molar-refractivity contribution in [1.29, 1.82) is 0 Å². The predicted octanol–water partition coefficient (Wildman–Crippen LogP) is 4.10. The third-order valence-corrected chi connectivity index (χ3v) is 7.10. The Hall–Kier alpha value is -1.98. The Balaban J connectivity index is 1.40. The van der Waals surface area contributed by atoms with Crippen LogP contribution in [0, 0.1) is 6.92 Å². The topological polar surface area (TPSA) is 38.1 Å². The second-order valence-electron chi connectivity index (χ2n) is 7.64. The van der Waals surface area contributed by atoms with Crippen molar-refractivity contribution in [2.75, 3.05) is 13.1 Å². The largest absolute Gasteiger partial charge is 0.300 e. The van der Waals surface area contributed by atoms with Gasteiger partial charge in [0.1, 0.15) is 0 Å². The van der Waals surface area contributed by atoms with Crippen LogP contribution in [0.2, 0.25) is 0 Å². The second kappa shape index (κ2) is 6.32. The van der Waals surface area contributed by atoms with E-state index >= 15 is 0 Å². The maximum absolute atomic E-state index is 12.4. The summed E-state index contributed by atoms with van der Waals surface area (Å²) in [4.78, 5) is 19.9. The second-order valence-corrected chi connectivity index (χ2v) is 8.70. The molecule has 0 N–H and O–H groups in total. The van der Waals surface area contributed by atoms with Gasteiger partial charge in [-0.15, -0.1) is 11.3 Å². The Morgan fingerprint density at radius 2 is 1.96 bits per heavy atom. The fraction of sp³-hybridized carbons (Fsp3) is 0.429. The van der Waals surface area contributed by atoms with Crippen LogP contribution in [0.15, 0.2) is 41.3 Å². The van der Waals surface area contributed by atoms with Crippen LogP contribution in [0.4, 0.5) is 0 Å². The van der Waals surface area contributed by atoms with Crippen LogP contribution in [-0.2, 0) is 0 Å². The number of fused-ring (bicyclic) bond motifs is 1. The zero-order chi connectivity index (χ0) is 17.7. The highest BCUT2D eigenvalue weighted by Crippen LogP contribution is 2.43. The number of nitrogens with zero attached hydrogens (tertiary/aromatic N) is 3. The van der Waals surface area contributed by atoms with Gasteiger partial charge in [-0.3, -0.25) is 9.36 Å². The minimum Gasteiger partial charge on any atom is -0.300 e. The normalized spacial score (nSPS) is 23.4. The SMILES string of the molecule is Cc1cccn(-c2ccc3nc(C4CC(N5CCCC5)C4)sc3c2)c1=O. The molecule has 0 amide bonds. The van der Waals surface area contributed by atoms with Crippen molar-refractivity contribution in [3.05, 3.63) is 57.5 Å². The van der Waals surface area contributed by atoms with Gasteiger partial charge in [0.05, 0.1) is 20.9 Å². The van der Waals surface area contributed by atoms with Crippen LogP contribution in [0.3, 0.4) is 0 Å². The van der Waals surface area contributed by atoms with Crippen molar-refractivity contribution in [2.24, 2.45) is 0 Å². The number of hydrogen-bond acceptors (Lipinski definition) is 4. The van der Waals surface area contributed by atoms with Crippen molar-refractivity contribution >= 4 is 21.6 Å². The maximum Gasteiger partial charge on any atom is 0.257 e. The summed E-state index contributed by atoms with van der Waals surface area (Å²) in [6.07, 6.45) is 7.08. The van der Waals surface area contributed by atoms with E-state index in [0.29, 0.717) is 5.92 Å². The summed E-state index contributed by atoms with van der Waals surface area (Å²) in [5, 5.41) is 1.27. The average molecular weight is 366 g/mol. The molecule has 0 spiro atoms. The predicted molar refractivity (Wildman–Crippen MR) is 107 cm³/mol. The van der Waals surface area contributed by atoms with Crippen molar-refractivity contribution in [2.45, 2.75) is 44.6 Å². The molecular weight excluding hydrogens is 342 g/mol. The van der Waals surface area contributed by atoms with E-state index in [1.165, 1.54) is 48.5 Å². The Morgan fingerprint density at radius 3 is 2.77 bits per heavy atom. The molecule has 1 saturated heterocycles. The number of likely N-dealkylation sites (tertiary alicyclic amines) is 1. The summed E-state index contributed by atoms with van der Waals surface area (Å²) in [7, 11) is 0. The number of thiazole rings is 1. The van der Waals surface area contributed by atoms with E-state index in [9.17, 15) is 4.79 Å². The lowest BCUT2D eigenvalue weighted by Gasteiger charge is -2.40. The van der Waals surface area contributed by atoms with Gasteiger partial charge in [-0.05, 0) is 70.0 Å². The van der Waals surface area contributed by atoms with Crippen LogP contribution in [0.5, 0.6) is 0 Å². The number of benzene rings is 1. The Bertz CT molecular complexity index is 1010. The minimum atomic E-state index is 0.0454. The molecule has 3 heterocycles. The van der Waals surface area contributed by atoms with Gasteiger partial charge in [0.2, 0.25) is 0 Å². The molecule has 5 heteroatoms. The molecule has 1 saturated carbocycles. The molecule has 0 atom stereocenters. The Labute approximate surface area is 157 Å². The summed E-state index contributed by atoms with van der Waals surface area (Å²) < 4.78 is 2.90. The standard InChI is InChI=1S/C21H23N3OS/c1-14-5-4-10-24(21(14)25)16-6-7-18-19(13-16)26-20(22-18)15-11-17(12-15)23-8-2-3-9-23/h4-7,10,13,15,17H,2-3,8-9,11-12H2,1H3. The Kier molecular flexibility index (Phi) is 3.94. The van der Waals surface area contributed by atoms with Crippen LogP contribution >= 0.6 is 11.3 Å². The average Bonchev–Trinajstić information content (AvgIpc) is 3.25. The van der Waals surface area contributed by atoms with E-state index in [1.807, 2.05) is 31.3 Å². The molecule has 3 aromatic rings. The number of rotatable bonds is 3. The van der Waals surface area contributed by atoms with Crippen LogP contribution in [0.25, 0.3) is 15.9 Å². The highest BCUT2D eigenvalue weighted by atomic mass is 32.1. The third kappa shape index (κ3) is 2.70. The molecule has 0 unspecified atom stereocenters. The summed E-state index contributed by atoms with van der Waals surface area (Å²) >= 11 is 1.80. The van der Waals surface area contributed by atoms with E-state index in [-0.39, 0.29) is 5.56 Å². The molecule has 1 aromatic carbocycles. The summed E-state index contributed by atoms with van der Waals surface area (Å²) in [6, 6.07) is 10.7. The van der Waals surface area contributed by atoms with Gasteiger partial charge in [0, 0.05) is 23.7 Å². The first-order valence-corrected chi connectivity index (χ1v) is 10.3. The van der Waals surface area contributed by atoms with Gasteiger partial charge in [-0.25, -0.2) is 4.98 Å². The molecule has 2 aromatic heterocycles. The molecule has 4 nitrogen and oxygen atoms in total. The molecule has 0 radical (unpaired) electrons. The maximum atomic E-state index is 12.4. The van der Waals surface area contributed by atoms with Crippen molar-refractivity contribution in [3.63, 3.8) is 0 Å². The quantitative estimate of drug-likeness (QED) is 0.701. The van der Waals surface area contributed by atoms with Crippen molar-refractivity contribution in [3.8, 4) is 5.69 Å². The molecule has 0 bridgehead atoms. The first-order chi connectivity index (χ1) is 12.7. The zero-order valence-corrected chi connectivity index (χ0v) is 15.8. The van der Waals surface area contributed by atoms with Gasteiger partial charge in [-0.2, -0.15) is 0 Å². The van der Waals surface area contributed by atoms with Crippen LogP contribution in [-0.4, -0.2) is 33.6 Å². The molecule has 5 rings (SSSR count). The first kappa shape index (κ1) is 16.2. The van der Waals surface area contributed by atoms with Gasteiger partial charge in [0.25, 0.3) is 5.56 Å². The number of hydrogen-bond donors (Lipinski definition) is 0. The monoisotopic (exact) mass is 365 g/mol. The number of aryl methyl sites for hydroxylation is 1. The first-order valence-electron chi connectivity index (χ1n) is 9.52. The minimum absolute atomic E-state index is 0.0454. The molecule has 1 aliphatic carbocycles. The highest BCUT2D eigenvalue weighted by molar-refractivity contribution is 7.18. The van der Waals surface area contributed by atoms with E-state index in [2.05, 4.69) is 17.0 Å². The van der Waals surface area contributed by atoms with Gasteiger partial charge >= 0.3 is 0 Å². The lowest BCUT2D eigenvalue weighted by atomic mass is 9.80. The molecule has 2 aliphatic rings. The van der Waals surface area contributed by atoms with Gasteiger partial charge < -0.3 is 4.90 Å². The number of aromatic nitrogens is 2. The van der Waals surface area contributed by atoms with Gasteiger partial charge in [-0.1, -0.05) is 6.07 Å². The summed E-state index contributed by atoms with van der Waals surface area (Å²) in [5.74, 6) is 0.614. The highest BCUT2D eigenvalue weighted by Gasteiger charge is 2.37. The van der Waals surface area contributed by atoms with E-state index in [0.717, 1.165) is 22.8 Å². The smallest absolute Gasteiger partial charge is 0.257 e.